The van der Waals surface area contributed by atoms with Gasteiger partial charge >= 0.3 is 5.97 Å². The van der Waals surface area contributed by atoms with Crippen molar-refractivity contribution >= 4 is 33.3 Å². The number of esters is 1. The topological polar surface area (TPSA) is 102 Å². The predicted molar refractivity (Wildman–Crippen MR) is 149 cm³/mol. The Morgan fingerprint density at radius 2 is 1.59 bits per heavy atom. The second-order valence-corrected chi connectivity index (χ2v) is 10.7. The maximum Gasteiger partial charge on any atom is 0.309 e. The molecule has 1 amide bonds. The van der Waals surface area contributed by atoms with Crippen LogP contribution in [0.3, 0.4) is 0 Å². The first-order valence-electron chi connectivity index (χ1n) is 12.3. The normalized spacial score (nSPS) is 11.0. The summed E-state index contributed by atoms with van der Waals surface area (Å²) in [7, 11) is -1.75. The van der Waals surface area contributed by atoms with E-state index in [9.17, 15) is 26.8 Å². The van der Waals surface area contributed by atoms with Crippen molar-refractivity contribution in [1.82, 2.24) is 0 Å². The number of sulfonamides is 1. The van der Waals surface area contributed by atoms with Crippen molar-refractivity contribution in [3.63, 3.8) is 0 Å². The van der Waals surface area contributed by atoms with Gasteiger partial charge < -0.3 is 14.8 Å². The van der Waals surface area contributed by atoms with Gasteiger partial charge in [0.05, 0.1) is 43.3 Å². The van der Waals surface area contributed by atoms with E-state index in [1.54, 1.807) is 36.4 Å². The smallest absolute Gasteiger partial charge is 0.309 e. The summed E-state index contributed by atoms with van der Waals surface area (Å²) < 4.78 is 68.0. The number of carbonyl (C=O) groups is 2. The van der Waals surface area contributed by atoms with Gasteiger partial charge in [-0.3, -0.25) is 13.9 Å². The summed E-state index contributed by atoms with van der Waals surface area (Å²) >= 11 is 0. The van der Waals surface area contributed by atoms with Gasteiger partial charge in [0.25, 0.3) is 15.9 Å². The number of ether oxygens (including phenoxy) is 2. The Balaban J connectivity index is 1.72. The van der Waals surface area contributed by atoms with E-state index >= 15 is 0 Å². The Hall–Kier alpha value is -4.77. The van der Waals surface area contributed by atoms with Gasteiger partial charge in [-0.2, -0.15) is 0 Å². The molecule has 41 heavy (non-hydrogen) atoms. The lowest BCUT2D eigenvalue weighted by atomic mass is 10.1. The van der Waals surface area contributed by atoms with E-state index in [2.05, 4.69) is 10.1 Å². The summed E-state index contributed by atoms with van der Waals surface area (Å²) in [6, 6.07) is 21.0. The molecule has 0 bridgehead atoms. The molecule has 4 aromatic carbocycles. The number of methoxy groups -OCH3 is 2. The highest BCUT2D eigenvalue weighted by Gasteiger charge is 2.28. The summed E-state index contributed by atoms with van der Waals surface area (Å²) in [6.45, 7) is -0.395. The van der Waals surface area contributed by atoms with Crippen molar-refractivity contribution in [2.75, 3.05) is 23.8 Å². The maximum absolute atomic E-state index is 14.8. The number of rotatable bonds is 10. The third-order valence-electron chi connectivity index (χ3n) is 6.17. The fourth-order valence-electron chi connectivity index (χ4n) is 3.98. The number of nitrogens with one attached hydrogen (secondary N) is 1. The fourth-order valence-corrected chi connectivity index (χ4v) is 5.45. The predicted octanol–water partition coefficient (Wildman–Crippen LogP) is 5.34. The lowest BCUT2D eigenvalue weighted by Gasteiger charge is -2.25. The summed E-state index contributed by atoms with van der Waals surface area (Å²) in [5.74, 6) is -2.44. The van der Waals surface area contributed by atoms with Crippen molar-refractivity contribution in [3.05, 3.63) is 119 Å². The Labute approximate surface area is 236 Å². The Morgan fingerprint density at radius 1 is 0.854 bits per heavy atom. The van der Waals surface area contributed by atoms with Gasteiger partial charge in [-0.25, -0.2) is 17.2 Å². The minimum atomic E-state index is -4.46. The van der Waals surface area contributed by atoms with Gasteiger partial charge in [0.15, 0.2) is 0 Å². The molecule has 0 saturated heterocycles. The summed E-state index contributed by atoms with van der Waals surface area (Å²) in [5.41, 5.74) is 0.631. The largest absolute Gasteiger partial charge is 0.497 e. The number of carbonyl (C=O) groups excluding carboxylic acids is 2. The van der Waals surface area contributed by atoms with E-state index in [0.29, 0.717) is 17.0 Å². The minimum Gasteiger partial charge on any atom is -0.497 e. The molecule has 0 fully saturated rings. The number of anilines is 2. The first-order chi connectivity index (χ1) is 19.6. The van der Waals surface area contributed by atoms with Gasteiger partial charge in [-0.15, -0.1) is 0 Å². The summed E-state index contributed by atoms with van der Waals surface area (Å²) in [4.78, 5) is 24.2. The fraction of sp³-hybridized carbons (Fsp3) is 0.133. The van der Waals surface area contributed by atoms with Gasteiger partial charge in [0, 0.05) is 17.3 Å². The number of nitrogens with zero attached hydrogens (tertiary/aromatic N) is 1. The number of halogens is 2. The van der Waals surface area contributed by atoms with Crippen LogP contribution >= 0.6 is 0 Å². The van der Waals surface area contributed by atoms with E-state index in [4.69, 9.17) is 4.74 Å². The molecule has 4 rings (SSSR count). The van der Waals surface area contributed by atoms with Crippen LogP contribution in [0.2, 0.25) is 0 Å². The lowest BCUT2D eigenvalue weighted by Crippen LogP contribution is -2.31. The van der Waals surface area contributed by atoms with Crippen LogP contribution in [0.25, 0.3) is 0 Å². The molecule has 0 radical (unpaired) electrons. The molecular weight excluding hydrogens is 554 g/mol. The second kappa shape index (κ2) is 12.6. The zero-order valence-corrected chi connectivity index (χ0v) is 23.0. The molecule has 0 heterocycles. The third-order valence-corrected chi connectivity index (χ3v) is 7.94. The van der Waals surface area contributed by atoms with Crippen molar-refractivity contribution in [2.24, 2.45) is 0 Å². The summed E-state index contributed by atoms with van der Waals surface area (Å²) in [5, 5.41) is 2.53. The zero-order chi connectivity index (χ0) is 29.6. The van der Waals surface area contributed by atoms with Crippen molar-refractivity contribution in [3.8, 4) is 5.75 Å². The van der Waals surface area contributed by atoms with E-state index in [-0.39, 0.29) is 22.6 Å². The van der Waals surface area contributed by atoms with Crippen LogP contribution in [0, 0.1) is 11.6 Å². The highest BCUT2D eigenvalue weighted by Crippen LogP contribution is 2.29. The molecule has 0 unspecified atom stereocenters. The number of hydrogen-bond acceptors (Lipinski definition) is 6. The van der Waals surface area contributed by atoms with E-state index < -0.39 is 45.6 Å². The number of hydrogen-bond donors (Lipinski definition) is 1. The van der Waals surface area contributed by atoms with E-state index in [1.807, 2.05) is 0 Å². The molecule has 0 aliphatic carbocycles. The maximum atomic E-state index is 14.8. The van der Waals surface area contributed by atoms with Crippen LogP contribution < -0.4 is 14.4 Å². The second-order valence-electron chi connectivity index (χ2n) is 8.85. The third kappa shape index (κ3) is 6.87. The average Bonchev–Trinajstić information content (AvgIpc) is 2.97. The molecule has 8 nitrogen and oxygen atoms in total. The number of amides is 1. The van der Waals surface area contributed by atoms with Crippen molar-refractivity contribution < 1.29 is 36.3 Å². The molecule has 0 spiro atoms. The van der Waals surface area contributed by atoms with Crippen LogP contribution in [0.1, 0.15) is 21.5 Å². The van der Waals surface area contributed by atoms with Crippen molar-refractivity contribution in [2.45, 2.75) is 17.9 Å². The van der Waals surface area contributed by atoms with Crippen LogP contribution in [0.4, 0.5) is 20.2 Å². The molecule has 0 aliphatic rings. The van der Waals surface area contributed by atoms with Gasteiger partial charge in [0.1, 0.15) is 17.4 Å². The highest BCUT2D eigenvalue weighted by atomic mass is 32.2. The van der Waals surface area contributed by atoms with E-state index in [0.717, 1.165) is 22.5 Å². The van der Waals surface area contributed by atoms with Crippen LogP contribution in [-0.2, 0) is 32.5 Å². The van der Waals surface area contributed by atoms with E-state index in [1.165, 1.54) is 50.6 Å². The molecular formula is C30H26F2N2O6S. The zero-order valence-electron chi connectivity index (χ0n) is 22.1. The molecule has 11 heteroatoms. The summed E-state index contributed by atoms with van der Waals surface area (Å²) in [6.07, 6.45) is -0.0272. The monoisotopic (exact) mass is 580 g/mol. The van der Waals surface area contributed by atoms with Gasteiger partial charge in [0.2, 0.25) is 0 Å². The highest BCUT2D eigenvalue weighted by molar-refractivity contribution is 7.92. The van der Waals surface area contributed by atoms with Gasteiger partial charge in [-0.05, 0) is 54.1 Å². The number of benzene rings is 4. The molecule has 212 valence electrons. The molecule has 0 atom stereocenters. The molecule has 4 aromatic rings. The molecule has 0 saturated carbocycles. The molecule has 0 aliphatic heterocycles. The molecule has 1 N–H and O–H groups in total. The standard InChI is InChI=1S/C30H26F2N2O6S/c1-39-24-8-5-7-22(17-24)33-30(36)26-18-25(14-15-28(26)32)41(37,38)34(19-21-6-3-4-9-27(21)31)23-12-10-20(11-13-23)16-29(35)40-2/h3-15,17-18H,16,19H2,1-2H3,(H,33,36). The quantitative estimate of drug-likeness (QED) is 0.254. The lowest BCUT2D eigenvalue weighted by molar-refractivity contribution is -0.139. The average molecular weight is 581 g/mol. The first-order valence-corrected chi connectivity index (χ1v) is 13.7. The first kappa shape index (κ1) is 29.2. The van der Waals surface area contributed by atoms with Crippen LogP contribution in [0.5, 0.6) is 5.75 Å². The SMILES string of the molecule is COC(=O)Cc1ccc(N(Cc2ccccc2F)S(=O)(=O)c2ccc(F)c(C(=O)Nc3cccc(OC)c3)c2)cc1. The van der Waals surface area contributed by atoms with Crippen LogP contribution in [0.15, 0.2) is 95.9 Å². The Kier molecular flexibility index (Phi) is 8.98. The Bertz CT molecular complexity index is 1680. The van der Waals surface area contributed by atoms with Crippen molar-refractivity contribution in [1.29, 1.82) is 0 Å². The Morgan fingerprint density at radius 3 is 2.27 bits per heavy atom. The van der Waals surface area contributed by atoms with Crippen LogP contribution in [-0.4, -0.2) is 34.5 Å². The minimum absolute atomic E-state index is 0.0272. The molecule has 0 aromatic heterocycles. The van der Waals surface area contributed by atoms with Gasteiger partial charge in [-0.1, -0.05) is 36.4 Å².